The summed E-state index contributed by atoms with van der Waals surface area (Å²) in [6, 6.07) is 6.37. The Kier molecular flexibility index (Phi) is 7.10. The predicted molar refractivity (Wildman–Crippen MR) is 106 cm³/mol. The van der Waals surface area contributed by atoms with E-state index in [1.807, 2.05) is 0 Å². The molecular formula is C18H22ClN5O4. The fraction of sp³-hybridized carbons (Fsp3) is 0.389. The molecule has 28 heavy (non-hydrogen) atoms. The van der Waals surface area contributed by atoms with Gasteiger partial charge in [0.05, 0.1) is 32.6 Å². The van der Waals surface area contributed by atoms with E-state index in [4.69, 9.17) is 25.8 Å². The van der Waals surface area contributed by atoms with Crippen molar-refractivity contribution < 1.29 is 19.0 Å². The molecule has 0 radical (unpaired) electrons. The van der Waals surface area contributed by atoms with Crippen LogP contribution in [0.2, 0.25) is 5.02 Å². The zero-order valence-electron chi connectivity index (χ0n) is 15.5. The Bertz CT molecular complexity index is 801. The molecule has 3 rings (SSSR count). The van der Waals surface area contributed by atoms with Crippen molar-refractivity contribution in [2.24, 2.45) is 0 Å². The lowest BCUT2D eigenvalue weighted by atomic mass is 10.3. The Morgan fingerprint density at radius 1 is 1.29 bits per heavy atom. The smallest absolute Gasteiger partial charge is 0.319 e. The summed E-state index contributed by atoms with van der Waals surface area (Å²) < 4.78 is 16.1. The fourth-order valence-corrected chi connectivity index (χ4v) is 2.81. The average Bonchev–Trinajstić information content (AvgIpc) is 2.72. The quantitative estimate of drug-likeness (QED) is 0.679. The first-order chi connectivity index (χ1) is 13.7. The molecule has 150 valence electrons. The molecule has 1 fully saturated rings. The summed E-state index contributed by atoms with van der Waals surface area (Å²) in [6.45, 7) is 3.48. The second-order valence-corrected chi connectivity index (χ2v) is 6.32. The summed E-state index contributed by atoms with van der Waals surface area (Å²) in [5.41, 5.74) is 0.486. The van der Waals surface area contributed by atoms with Gasteiger partial charge < -0.3 is 29.7 Å². The molecule has 9 nitrogen and oxygen atoms in total. The van der Waals surface area contributed by atoms with Crippen molar-refractivity contribution in [3.8, 4) is 11.6 Å². The van der Waals surface area contributed by atoms with Crippen LogP contribution in [0.3, 0.4) is 0 Å². The maximum absolute atomic E-state index is 12.0. The molecule has 1 aromatic carbocycles. The van der Waals surface area contributed by atoms with Crippen molar-refractivity contribution in [1.29, 1.82) is 0 Å². The van der Waals surface area contributed by atoms with Crippen LogP contribution < -0.4 is 25.0 Å². The zero-order chi connectivity index (χ0) is 19.8. The first kappa shape index (κ1) is 20.0. The second-order valence-electron chi connectivity index (χ2n) is 5.89. The molecule has 1 aliphatic heterocycles. The van der Waals surface area contributed by atoms with Crippen molar-refractivity contribution in [1.82, 2.24) is 15.3 Å². The van der Waals surface area contributed by atoms with Crippen molar-refractivity contribution in [2.45, 2.75) is 0 Å². The number of halogens is 1. The summed E-state index contributed by atoms with van der Waals surface area (Å²) in [7, 11) is 1.52. The van der Waals surface area contributed by atoms with Gasteiger partial charge in [-0.15, -0.1) is 0 Å². The molecule has 0 saturated carbocycles. The van der Waals surface area contributed by atoms with Gasteiger partial charge in [-0.2, -0.15) is 0 Å². The first-order valence-electron chi connectivity index (χ1n) is 8.81. The van der Waals surface area contributed by atoms with Gasteiger partial charge in [-0.1, -0.05) is 11.6 Å². The Morgan fingerprint density at radius 3 is 2.89 bits per heavy atom. The molecule has 2 amide bonds. The number of methoxy groups -OCH3 is 1. The molecule has 1 aliphatic rings. The third kappa shape index (κ3) is 5.61. The van der Waals surface area contributed by atoms with Crippen LogP contribution in [0.4, 0.5) is 16.3 Å². The third-order valence-corrected chi connectivity index (χ3v) is 4.25. The van der Waals surface area contributed by atoms with Crippen LogP contribution in [-0.4, -0.2) is 62.6 Å². The standard InChI is InChI=1S/C18H22ClN5O4/c1-26-15-3-2-13(19)10-14(15)23-18(25)20-4-7-28-17-11-16(21-12-22-17)24-5-8-27-9-6-24/h2-3,10-12H,4-9H2,1H3,(H2,20,23,25). The number of urea groups is 1. The minimum atomic E-state index is -0.388. The van der Waals surface area contributed by atoms with Crippen LogP contribution >= 0.6 is 11.6 Å². The molecule has 2 N–H and O–H groups in total. The van der Waals surface area contributed by atoms with Crippen molar-refractivity contribution in [3.05, 3.63) is 35.6 Å². The van der Waals surface area contributed by atoms with E-state index in [0.717, 1.165) is 18.9 Å². The molecule has 0 bridgehead atoms. The number of hydrogen-bond acceptors (Lipinski definition) is 7. The van der Waals surface area contributed by atoms with Crippen LogP contribution in [-0.2, 0) is 4.74 Å². The lowest BCUT2D eigenvalue weighted by molar-refractivity contribution is 0.122. The van der Waals surface area contributed by atoms with Crippen LogP contribution in [0.1, 0.15) is 0 Å². The highest BCUT2D eigenvalue weighted by molar-refractivity contribution is 6.31. The average molecular weight is 408 g/mol. The van der Waals surface area contributed by atoms with E-state index in [-0.39, 0.29) is 12.6 Å². The minimum Gasteiger partial charge on any atom is -0.495 e. The number of carbonyl (C=O) groups is 1. The number of rotatable bonds is 7. The van der Waals surface area contributed by atoms with Gasteiger partial charge >= 0.3 is 6.03 Å². The normalized spacial score (nSPS) is 13.7. The molecule has 0 unspecified atom stereocenters. The van der Waals surface area contributed by atoms with Crippen LogP contribution in [0.5, 0.6) is 11.6 Å². The summed E-state index contributed by atoms with van der Waals surface area (Å²) in [4.78, 5) is 22.5. The number of anilines is 2. The van der Waals surface area contributed by atoms with Gasteiger partial charge in [0.15, 0.2) is 0 Å². The van der Waals surface area contributed by atoms with Gasteiger partial charge in [-0.3, -0.25) is 0 Å². The van der Waals surface area contributed by atoms with E-state index in [9.17, 15) is 4.79 Å². The van der Waals surface area contributed by atoms with Gasteiger partial charge in [-0.25, -0.2) is 14.8 Å². The molecule has 1 aromatic heterocycles. The van der Waals surface area contributed by atoms with Crippen LogP contribution in [0.25, 0.3) is 0 Å². The van der Waals surface area contributed by atoms with Gasteiger partial charge in [0.25, 0.3) is 0 Å². The fourth-order valence-electron chi connectivity index (χ4n) is 2.64. The van der Waals surface area contributed by atoms with Crippen LogP contribution in [0.15, 0.2) is 30.6 Å². The van der Waals surface area contributed by atoms with E-state index in [1.54, 1.807) is 24.3 Å². The SMILES string of the molecule is COc1ccc(Cl)cc1NC(=O)NCCOc1cc(N2CCOCC2)ncn1. The molecule has 2 aromatic rings. The number of aromatic nitrogens is 2. The lowest BCUT2D eigenvalue weighted by Crippen LogP contribution is -2.36. The largest absolute Gasteiger partial charge is 0.495 e. The highest BCUT2D eigenvalue weighted by Gasteiger charge is 2.13. The summed E-state index contributed by atoms with van der Waals surface area (Å²) in [5.74, 6) is 1.77. The highest BCUT2D eigenvalue weighted by atomic mass is 35.5. The molecule has 0 spiro atoms. The molecule has 0 aliphatic carbocycles. The topological polar surface area (TPSA) is 97.8 Å². The molecule has 10 heteroatoms. The van der Waals surface area contributed by atoms with Crippen molar-refractivity contribution >= 4 is 29.1 Å². The molecule has 0 atom stereocenters. The Balaban J connectivity index is 1.44. The maximum atomic E-state index is 12.0. The Labute approximate surface area is 168 Å². The van der Waals surface area contributed by atoms with E-state index < -0.39 is 0 Å². The van der Waals surface area contributed by atoms with Crippen LogP contribution in [0, 0.1) is 0 Å². The van der Waals surface area contributed by atoms with Gasteiger partial charge in [0.2, 0.25) is 5.88 Å². The second kappa shape index (κ2) is 9.95. The van der Waals surface area contributed by atoms with E-state index in [1.165, 1.54) is 13.4 Å². The lowest BCUT2D eigenvalue weighted by Gasteiger charge is -2.27. The zero-order valence-corrected chi connectivity index (χ0v) is 16.2. The maximum Gasteiger partial charge on any atom is 0.319 e. The third-order valence-electron chi connectivity index (χ3n) is 4.01. The van der Waals surface area contributed by atoms with Crippen molar-refractivity contribution in [2.75, 3.05) is 56.8 Å². The monoisotopic (exact) mass is 407 g/mol. The van der Waals surface area contributed by atoms with Gasteiger partial charge in [0.1, 0.15) is 24.5 Å². The number of carbonyl (C=O) groups excluding carboxylic acids is 1. The van der Waals surface area contributed by atoms with E-state index >= 15 is 0 Å². The Hall–Kier alpha value is -2.78. The number of amides is 2. The summed E-state index contributed by atoms with van der Waals surface area (Å²) >= 11 is 5.95. The number of nitrogens with zero attached hydrogens (tertiary/aromatic N) is 3. The number of benzene rings is 1. The summed E-state index contributed by atoms with van der Waals surface area (Å²) in [6.07, 6.45) is 1.46. The molecule has 2 heterocycles. The molecule has 1 saturated heterocycles. The van der Waals surface area contributed by atoms with Gasteiger partial charge in [-0.05, 0) is 18.2 Å². The Morgan fingerprint density at radius 2 is 2.11 bits per heavy atom. The number of morpholine rings is 1. The van der Waals surface area contributed by atoms with E-state index in [0.29, 0.717) is 42.1 Å². The van der Waals surface area contributed by atoms with E-state index in [2.05, 4.69) is 25.5 Å². The summed E-state index contributed by atoms with van der Waals surface area (Å²) in [5, 5.41) is 5.90. The van der Waals surface area contributed by atoms with Gasteiger partial charge in [0, 0.05) is 24.2 Å². The molecular weight excluding hydrogens is 386 g/mol. The first-order valence-corrected chi connectivity index (χ1v) is 9.19. The predicted octanol–water partition coefficient (Wildman–Crippen LogP) is 2.18. The number of nitrogens with one attached hydrogen (secondary N) is 2. The minimum absolute atomic E-state index is 0.264. The number of hydrogen-bond donors (Lipinski definition) is 2. The highest BCUT2D eigenvalue weighted by Crippen LogP contribution is 2.27. The van der Waals surface area contributed by atoms with Crippen molar-refractivity contribution in [3.63, 3.8) is 0 Å². The number of ether oxygens (including phenoxy) is 3.